The van der Waals surface area contributed by atoms with Crippen LogP contribution in [0.25, 0.3) is 0 Å². The summed E-state index contributed by atoms with van der Waals surface area (Å²) in [7, 11) is 0. The quantitative estimate of drug-likeness (QED) is 0.834. The van der Waals surface area contributed by atoms with Crippen LogP contribution < -0.4 is 0 Å². The summed E-state index contributed by atoms with van der Waals surface area (Å²) in [5.41, 5.74) is 0.0418. The number of alkyl halides is 1. The topological polar surface area (TPSA) is 40.5 Å². The molecule has 1 amide bonds. The van der Waals surface area contributed by atoms with Gasteiger partial charge in [0.2, 0.25) is 0 Å². The molecule has 1 heterocycles. The fraction of sp³-hybridized carbons (Fsp3) is 0.500. The number of halogens is 1. The number of benzene rings is 1. The molecule has 0 aromatic heterocycles. The van der Waals surface area contributed by atoms with Crippen LogP contribution in [0.2, 0.25) is 0 Å². The second kappa shape index (κ2) is 6.91. The smallest absolute Gasteiger partial charge is 0.198 e. The third-order valence-electron chi connectivity index (χ3n) is 3.45. The first kappa shape index (κ1) is 16.7. The number of amides is 1. The average molecular weight is 339 g/mol. The Hall–Kier alpha value is -0.316. The predicted octanol–water partition coefficient (Wildman–Crippen LogP) is 1.73. The molecule has 1 radical (unpaired) electrons. The summed E-state index contributed by atoms with van der Waals surface area (Å²) >= 11 is 0. The first-order chi connectivity index (χ1) is 8.54. The molecule has 0 atom stereocenters. The van der Waals surface area contributed by atoms with Crippen molar-refractivity contribution >= 4 is 5.91 Å². The maximum atomic E-state index is 13.8. The molecule has 1 aromatic carbocycles. The third kappa shape index (κ3) is 4.07. The zero-order valence-electron chi connectivity index (χ0n) is 11.0. The summed E-state index contributed by atoms with van der Waals surface area (Å²) in [5, 5.41) is 8.94. The van der Waals surface area contributed by atoms with Crippen molar-refractivity contribution in [3.63, 3.8) is 0 Å². The fourth-order valence-corrected chi connectivity index (χ4v) is 2.09. The van der Waals surface area contributed by atoms with Gasteiger partial charge in [0, 0.05) is 58.6 Å². The standard InChI is InChI=1S/C14H17FNO2.Y/c1-11-2-4-12(5-3-11)13(18)16-8-6-14(15,10-17)7-9-16;/h2,4-5,17H,6-10H2,1H3;/q-1;. The van der Waals surface area contributed by atoms with Crippen LogP contribution in [-0.2, 0) is 32.7 Å². The van der Waals surface area contributed by atoms with Crippen molar-refractivity contribution in [1.29, 1.82) is 0 Å². The Morgan fingerprint density at radius 1 is 1.47 bits per heavy atom. The van der Waals surface area contributed by atoms with Gasteiger partial charge in [-0.15, -0.1) is 0 Å². The van der Waals surface area contributed by atoms with Crippen LogP contribution in [0.3, 0.4) is 0 Å². The Morgan fingerprint density at radius 2 is 2.11 bits per heavy atom. The van der Waals surface area contributed by atoms with E-state index in [1.807, 2.05) is 13.0 Å². The molecule has 1 fully saturated rings. The van der Waals surface area contributed by atoms with Gasteiger partial charge in [0.1, 0.15) is 5.67 Å². The molecule has 0 bridgehead atoms. The van der Waals surface area contributed by atoms with Crippen LogP contribution in [0, 0.1) is 13.0 Å². The zero-order chi connectivity index (χ0) is 13.2. The Morgan fingerprint density at radius 3 is 2.58 bits per heavy atom. The van der Waals surface area contributed by atoms with Gasteiger partial charge in [0.05, 0.1) is 6.61 Å². The Bertz CT molecular complexity index is 428. The molecule has 5 heteroatoms. The van der Waals surface area contributed by atoms with Gasteiger partial charge in [-0.25, -0.2) is 4.39 Å². The number of likely N-dealkylation sites (tertiary alicyclic amines) is 1. The fourth-order valence-electron chi connectivity index (χ4n) is 2.09. The third-order valence-corrected chi connectivity index (χ3v) is 3.45. The van der Waals surface area contributed by atoms with Gasteiger partial charge >= 0.3 is 0 Å². The summed E-state index contributed by atoms with van der Waals surface area (Å²) in [4.78, 5) is 13.8. The number of nitrogens with zero attached hydrogens (tertiary/aromatic N) is 1. The van der Waals surface area contributed by atoms with Gasteiger partial charge < -0.3 is 10.0 Å². The van der Waals surface area contributed by atoms with Crippen molar-refractivity contribution in [2.75, 3.05) is 19.7 Å². The van der Waals surface area contributed by atoms with E-state index in [1.54, 1.807) is 17.0 Å². The second-order valence-corrected chi connectivity index (χ2v) is 4.86. The molecular formula is C14H17FNO2Y-. The van der Waals surface area contributed by atoms with Gasteiger partial charge in [-0.3, -0.25) is 4.79 Å². The number of carbonyl (C=O) groups excluding carboxylic acids is 1. The van der Waals surface area contributed by atoms with E-state index in [1.165, 1.54) is 0 Å². The van der Waals surface area contributed by atoms with Crippen LogP contribution in [0.4, 0.5) is 4.39 Å². The number of aryl methyl sites for hydroxylation is 1. The molecule has 101 valence electrons. The summed E-state index contributed by atoms with van der Waals surface area (Å²) in [6.07, 6.45) is 0.398. The maximum Gasteiger partial charge on any atom is 0.198 e. The molecule has 2 rings (SSSR count). The number of aliphatic hydroxyl groups excluding tert-OH is 1. The van der Waals surface area contributed by atoms with Gasteiger partial charge in [0.15, 0.2) is 5.91 Å². The van der Waals surface area contributed by atoms with Crippen LogP contribution in [0.15, 0.2) is 18.2 Å². The van der Waals surface area contributed by atoms with E-state index in [0.717, 1.165) is 5.56 Å². The van der Waals surface area contributed by atoms with E-state index in [0.29, 0.717) is 18.7 Å². The molecule has 3 nitrogen and oxygen atoms in total. The van der Waals surface area contributed by atoms with Crippen molar-refractivity contribution in [1.82, 2.24) is 4.90 Å². The van der Waals surface area contributed by atoms with Gasteiger partial charge in [-0.1, -0.05) is 12.5 Å². The van der Waals surface area contributed by atoms with E-state index in [9.17, 15) is 9.18 Å². The number of hydrogen-bond donors (Lipinski definition) is 1. The molecule has 0 spiro atoms. The Balaban J connectivity index is 0.00000180. The molecule has 1 aromatic rings. The monoisotopic (exact) mass is 339 g/mol. The van der Waals surface area contributed by atoms with Crippen molar-refractivity contribution < 1.29 is 47.0 Å². The first-order valence-corrected chi connectivity index (χ1v) is 6.11. The van der Waals surface area contributed by atoms with E-state index < -0.39 is 12.3 Å². The molecular weight excluding hydrogens is 322 g/mol. The molecule has 1 N–H and O–H groups in total. The van der Waals surface area contributed by atoms with Gasteiger partial charge in [-0.05, 0) is 0 Å². The molecule has 0 unspecified atom stereocenters. The Kier molecular flexibility index (Phi) is 6.09. The predicted molar refractivity (Wildman–Crippen MR) is 66.1 cm³/mol. The SMILES string of the molecule is Cc1[c-]cc(C(=O)N2CCC(F)(CO)CC2)cc1.[Y]. The molecule has 0 saturated carbocycles. The van der Waals surface area contributed by atoms with E-state index in [4.69, 9.17) is 5.11 Å². The summed E-state index contributed by atoms with van der Waals surface area (Å²) in [6, 6.07) is 8.25. The first-order valence-electron chi connectivity index (χ1n) is 6.11. The largest absolute Gasteiger partial charge is 0.393 e. The number of hydrogen-bond acceptors (Lipinski definition) is 2. The number of aliphatic hydroxyl groups is 1. The number of piperidine rings is 1. The minimum Gasteiger partial charge on any atom is -0.393 e. The van der Waals surface area contributed by atoms with Crippen LogP contribution in [-0.4, -0.2) is 41.3 Å². The maximum absolute atomic E-state index is 13.8. The molecule has 0 aliphatic carbocycles. The normalized spacial score (nSPS) is 17.7. The average Bonchev–Trinajstić information content (AvgIpc) is 2.40. The van der Waals surface area contributed by atoms with E-state index in [-0.39, 0.29) is 51.5 Å². The van der Waals surface area contributed by atoms with Crippen LogP contribution >= 0.6 is 0 Å². The van der Waals surface area contributed by atoms with Crippen molar-refractivity contribution in [2.24, 2.45) is 0 Å². The van der Waals surface area contributed by atoms with Crippen LogP contribution in [0.5, 0.6) is 0 Å². The summed E-state index contributed by atoms with van der Waals surface area (Å²) in [5.74, 6) is -0.0914. The number of carbonyl (C=O) groups is 1. The van der Waals surface area contributed by atoms with Crippen molar-refractivity contribution in [2.45, 2.75) is 25.4 Å². The van der Waals surface area contributed by atoms with Gasteiger partial charge in [-0.2, -0.15) is 29.8 Å². The number of rotatable bonds is 2. The molecule has 19 heavy (non-hydrogen) atoms. The Labute approximate surface area is 138 Å². The van der Waals surface area contributed by atoms with E-state index in [2.05, 4.69) is 6.07 Å². The summed E-state index contributed by atoms with van der Waals surface area (Å²) in [6.45, 7) is 2.15. The van der Waals surface area contributed by atoms with Crippen molar-refractivity contribution in [3.8, 4) is 0 Å². The molecule has 1 aliphatic heterocycles. The van der Waals surface area contributed by atoms with Crippen molar-refractivity contribution in [3.05, 3.63) is 35.4 Å². The van der Waals surface area contributed by atoms with Crippen LogP contribution in [0.1, 0.15) is 28.8 Å². The molecule has 1 aliphatic rings. The van der Waals surface area contributed by atoms with Gasteiger partial charge in [0.25, 0.3) is 0 Å². The van der Waals surface area contributed by atoms with E-state index >= 15 is 0 Å². The summed E-state index contributed by atoms with van der Waals surface area (Å²) < 4.78 is 13.8. The zero-order valence-corrected chi connectivity index (χ0v) is 13.9. The second-order valence-electron chi connectivity index (χ2n) is 4.86. The molecule has 1 saturated heterocycles. The minimum atomic E-state index is -1.52. The minimum absolute atomic E-state index is 0.